The number of fused-ring (bicyclic) bond motifs is 1. The van der Waals surface area contributed by atoms with Gasteiger partial charge in [-0.1, -0.05) is 18.2 Å². The average Bonchev–Trinajstić information content (AvgIpc) is 2.53. The van der Waals surface area contributed by atoms with Gasteiger partial charge in [-0.25, -0.2) is 0 Å². The molecule has 2 aromatic rings. The molecule has 1 aliphatic heterocycles. The maximum atomic E-state index is 8.87. The fourth-order valence-electron chi connectivity index (χ4n) is 2.95. The maximum Gasteiger partial charge on any atom is 0.0991 e. The molecule has 0 saturated carbocycles. The average molecular weight is 277 g/mol. The molecule has 0 aromatic heterocycles. The molecule has 3 rings (SSSR count). The molecule has 21 heavy (non-hydrogen) atoms. The van der Waals surface area contributed by atoms with Gasteiger partial charge in [-0.2, -0.15) is 5.26 Å². The smallest absolute Gasteiger partial charge is 0.0991 e. The standard InChI is InChI=1S/C18H19N3/c1-13-11-17(16-5-3-4-6-18(16)21(13)2)20-15-9-7-14(12-19)8-10-15/h3-10,13,17,20H,11H2,1-2H3. The molecule has 2 atom stereocenters. The van der Waals surface area contributed by atoms with Gasteiger partial charge in [0.25, 0.3) is 0 Å². The summed E-state index contributed by atoms with van der Waals surface area (Å²) in [5.41, 5.74) is 4.38. The Balaban J connectivity index is 1.88. The van der Waals surface area contributed by atoms with Crippen LogP contribution in [-0.4, -0.2) is 13.1 Å². The Kier molecular flexibility index (Phi) is 3.53. The highest BCUT2D eigenvalue weighted by molar-refractivity contribution is 5.60. The van der Waals surface area contributed by atoms with E-state index in [1.807, 2.05) is 24.3 Å². The van der Waals surface area contributed by atoms with Crippen molar-refractivity contribution in [2.24, 2.45) is 0 Å². The number of para-hydroxylation sites is 1. The third kappa shape index (κ3) is 2.57. The third-order valence-electron chi connectivity index (χ3n) is 4.29. The summed E-state index contributed by atoms with van der Waals surface area (Å²) in [6.45, 7) is 2.25. The van der Waals surface area contributed by atoms with Gasteiger partial charge in [0.05, 0.1) is 17.7 Å². The first-order chi connectivity index (χ1) is 10.2. The number of rotatable bonds is 2. The van der Waals surface area contributed by atoms with E-state index in [-0.39, 0.29) is 0 Å². The first kappa shape index (κ1) is 13.5. The van der Waals surface area contributed by atoms with Crippen molar-refractivity contribution in [3.05, 3.63) is 59.7 Å². The van der Waals surface area contributed by atoms with Gasteiger partial charge in [-0.05, 0) is 49.2 Å². The first-order valence-corrected chi connectivity index (χ1v) is 7.27. The number of benzene rings is 2. The fraction of sp³-hybridized carbons (Fsp3) is 0.278. The molecular formula is C18H19N3. The van der Waals surface area contributed by atoms with Gasteiger partial charge in [0.1, 0.15) is 0 Å². The van der Waals surface area contributed by atoms with Crippen LogP contribution in [0, 0.1) is 11.3 Å². The largest absolute Gasteiger partial charge is 0.378 e. The summed E-state index contributed by atoms with van der Waals surface area (Å²) in [6.07, 6.45) is 1.06. The van der Waals surface area contributed by atoms with Crippen molar-refractivity contribution in [3.8, 4) is 6.07 Å². The maximum absolute atomic E-state index is 8.87. The van der Waals surface area contributed by atoms with Crippen molar-refractivity contribution in [2.45, 2.75) is 25.4 Å². The van der Waals surface area contributed by atoms with Crippen LogP contribution in [0.1, 0.15) is 30.5 Å². The van der Waals surface area contributed by atoms with Crippen molar-refractivity contribution in [1.82, 2.24) is 0 Å². The van der Waals surface area contributed by atoms with E-state index >= 15 is 0 Å². The molecule has 2 unspecified atom stereocenters. The van der Waals surface area contributed by atoms with Crippen LogP contribution >= 0.6 is 0 Å². The van der Waals surface area contributed by atoms with E-state index in [1.54, 1.807) is 0 Å². The highest BCUT2D eigenvalue weighted by atomic mass is 15.2. The van der Waals surface area contributed by atoms with Gasteiger partial charge in [0.2, 0.25) is 0 Å². The predicted molar refractivity (Wildman–Crippen MR) is 86.4 cm³/mol. The molecule has 1 aliphatic rings. The summed E-state index contributed by atoms with van der Waals surface area (Å²) in [5.74, 6) is 0. The number of nitrogens with zero attached hydrogens (tertiary/aromatic N) is 2. The topological polar surface area (TPSA) is 39.1 Å². The number of nitriles is 1. The fourth-order valence-corrected chi connectivity index (χ4v) is 2.95. The van der Waals surface area contributed by atoms with Crippen molar-refractivity contribution in [1.29, 1.82) is 5.26 Å². The summed E-state index contributed by atoms with van der Waals surface area (Å²) in [4.78, 5) is 2.34. The SMILES string of the molecule is CC1CC(Nc2ccc(C#N)cc2)c2ccccc2N1C. The summed E-state index contributed by atoms with van der Waals surface area (Å²) in [5, 5.41) is 12.5. The van der Waals surface area contributed by atoms with Gasteiger partial charge < -0.3 is 10.2 Å². The molecule has 2 aromatic carbocycles. The Labute approximate surface area is 125 Å². The van der Waals surface area contributed by atoms with E-state index in [0.717, 1.165) is 12.1 Å². The molecule has 0 aliphatic carbocycles. The molecule has 3 nitrogen and oxygen atoms in total. The van der Waals surface area contributed by atoms with E-state index < -0.39 is 0 Å². The van der Waals surface area contributed by atoms with Crippen LogP contribution in [0.3, 0.4) is 0 Å². The number of anilines is 2. The normalized spacial score (nSPS) is 20.5. The molecule has 0 spiro atoms. The number of nitrogens with one attached hydrogen (secondary N) is 1. The number of hydrogen-bond donors (Lipinski definition) is 1. The van der Waals surface area contributed by atoms with Crippen molar-refractivity contribution in [3.63, 3.8) is 0 Å². The van der Waals surface area contributed by atoms with Crippen molar-refractivity contribution >= 4 is 11.4 Å². The Morgan fingerprint density at radius 3 is 2.57 bits per heavy atom. The highest BCUT2D eigenvalue weighted by Crippen LogP contribution is 2.37. The first-order valence-electron chi connectivity index (χ1n) is 7.27. The molecule has 0 radical (unpaired) electrons. The third-order valence-corrected chi connectivity index (χ3v) is 4.29. The molecule has 0 fully saturated rings. The summed E-state index contributed by atoms with van der Waals surface area (Å²) in [6, 6.07) is 19.2. The lowest BCUT2D eigenvalue weighted by atomic mass is 9.92. The molecule has 0 amide bonds. The second-order valence-corrected chi connectivity index (χ2v) is 5.64. The Morgan fingerprint density at radius 1 is 1.14 bits per heavy atom. The Hall–Kier alpha value is -2.47. The molecule has 1 N–H and O–H groups in total. The predicted octanol–water partition coefficient (Wildman–Crippen LogP) is 3.94. The minimum atomic E-state index is 0.306. The van der Waals surface area contributed by atoms with Crippen molar-refractivity contribution in [2.75, 3.05) is 17.3 Å². The molecule has 3 heteroatoms. The van der Waals surface area contributed by atoms with Gasteiger partial charge in [-0.15, -0.1) is 0 Å². The summed E-state index contributed by atoms with van der Waals surface area (Å²) < 4.78 is 0. The minimum Gasteiger partial charge on any atom is -0.378 e. The molecule has 0 saturated heterocycles. The Bertz CT molecular complexity index is 670. The van der Waals surface area contributed by atoms with Crippen LogP contribution in [0.4, 0.5) is 11.4 Å². The van der Waals surface area contributed by atoms with Gasteiger partial charge in [0, 0.05) is 24.5 Å². The van der Waals surface area contributed by atoms with Crippen LogP contribution < -0.4 is 10.2 Å². The van der Waals surface area contributed by atoms with E-state index in [1.165, 1.54) is 11.3 Å². The van der Waals surface area contributed by atoms with Crippen LogP contribution in [0.25, 0.3) is 0 Å². The van der Waals surface area contributed by atoms with Gasteiger partial charge in [-0.3, -0.25) is 0 Å². The van der Waals surface area contributed by atoms with Gasteiger partial charge >= 0.3 is 0 Å². The Morgan fingerprint density at radius 2 is 1.86 bits per heavy atom. The van der Waals surface area contributed by atoms with E-state index in [9.17, 15) is 0 Å². The van der Waals surface area contributed by atoms with Crippen LogP contribution in [0.2, 0.25) is 0 Å². The van der Waals surface area contributed by atoms with Crippen LogP contribution in [0.15, 0.2) is 48.5 Å². The zero-order valence-electron chi connectivity index (χ0n) is 12.4. The zero-order chi connectivity index (χ0) is 14.8. The van der Waals surface area contributed by atoms with Crippen molar-refractivity contribution < 1.29 is 0 Å². The number of hydrogen-bond acceptors (Lipinski definition) is 3. The lowest BCUT2D eigenvalue weighted by molar-refractivity contribution is 0.540. The molecule has 1 heterocycles. The lowest BCUT2D eigenvalue weighted by Gasteiger charge is -2.39. The van der Waals surface area contributed by atoms with Gasteiger partial charge in [0.15, 0.2) is 0 Å². The second kappa shape index (κ2) is 5.49. The highest BCUT2D eigenvalue weighted by Gasteiger charge is 2.27. The van der Waals surface area contributed by atoms with E-state index in [2.05, 4.69) is 54.5 Å². The molecular weight excluding hydrogens is 258 g/mol. The van der Waals surface area contributed by atoms with Crippen LogP contribution in [-0.2, 0) is 0 Å². The van der Waals surface area contributed by atoms with Crippen LogP contribution in [0.5, 0.6) is 0 Å². The van der Waals surface area contributed by atoms with E-state index in [4.69, 9.17) is 5.26 Å². The summed E-state index contributed by atoms with van der Waals surface area (Å²) >= 11 is 0. The monoisotopic (exact) mass is 277 g/mol. The molecule has 0 bridgehead atoms. The zero-order valence-corrected chi connectivity index (χ0v) is 12.4. The van der Waals surface area contributed by atoms with E-state index in [0.29, 0.717) is 17.6 Å². The minimum absolute atomic E-state index is 0.306. The lowest BCUT2D eigenvalue weighted by Crippen LogP contribution is -2.37. The second-order valence-electron chi connectivity index (χ2n) is 5.64. The summed E-state index contributed by atoms with van der Waals surface area (Å²) in [7, 11) is 2.15. The quantitative estimate of drug-likeness (QED) is 0.903. The molecule has 106 valence electrons.